The van der Waals surface area contributed by atoms with E-state index >= 15 is 0 Å². The molecule has 43 heavy (non-hydrogen) atoms. The predicted octanol–water partition coefficient (Wildman–Crippen LogP) is 3.18. The first-order chi connectivity index (χ1) is 20.3. The second kappa shape index (κ2) is 11.0. The van der Waals surface area contributed by atoms with Gasteiger partial charge in [0.1, 0.15) is 21.9 Å². The molecule has 0 spiro atoms. The summed E-state index contributed by atoms with van der Waals surface area (Å²) in [5, 5.41) is 23.1. The summed E-state index contributed by atoms with van der Waals surface area (Å²) < 4.78 is 61.4. The quantitative estimate of drug-likeness (QED) is 0.183. The van der Waals surface area contributed by atoms with Gasteiger partial charge in [0.25, 0.3) is 15.6 Å². The monoisotopic (exact) mass is 626 g/mol. The number of rotatable bonds is 9. The lowest BCUT2D eigenvalue weighted by Crippen LogP contribution is -2.33. The van der Waals surface area contributed by atoms with Gasteiger partial charge in [-0.05, 0) is 66.9 Å². The van der Waals surface area contributed by atoms with Gasteiger partial charge in [0.05, 0.1) is 28.0 Å². The largest absolute Gasteiger partial charge is 0.506 e. The fraction of sp³-hybridized carbons (Fsp3) is 0.185. The fourth-order valence-corrected chi connectivity index (χ4v) is 6.50. The van der Waals surface area contributed by atoms with Gasteiger partial charge in [-0.15, -0.1) is 4.40 Å². The highest BCUT2D eigenvalue weighted by molar-refractivity contribution is 7.94. The number of aromatic hydroxyl groups is 1. The average molecular weight is 627 g/mol. The van der Waals surface area contributed by atoms with Crippen molar-refractivity contribution in [3.63, 3.8) is 0 Å². The number of nitrogens with zero attached hydrogens (tertiary/aromatic N) is 3. The van der Waals surface area contributed by atoms with Crippen LogP contribution in [-0.2, 0) is 26.8 Å². The molecule has 0 saturated carbocycles. The van der Waals surface area contributed by atoms with E-state index in [0.717, 1.165) is 6.07 Å². The standard InChI is InChI=1S/C27H26N6O8S2/c1-15(2)11-13-33-25-19(4-3-12-28-25)23(34)22(26(33)35)24-29-20-10-9-18(14-21(20)42(38,39)32-24)31-43(40,41)30-17-7-5-16(6-8-17)27(36)37/h3-10,12,14-15,30-31,34H,11,13H2,1-2H3,(H,29,32)(H,36,37). The Balaban J connectivity index is 1.48. The fourth-order valence-electron chi connectivity index (χ4n) is 4.42. The van der Waals surface area contributed by atoms with E-state index in [0.29, 0.717) is 6.42 Å². The van der Waals surface area contributed by atoms with Gasteiger partial charge in [0.15, 0.2) is 5.84 Å². The van der Waals surface area contributed by atoms with Gasteiger partial charge in [-0.1, -0.05) is 13.8 Å². The molecule has 1 aliphatic heterocycles. The van der Waals surface area contributed by atoms with E-state index in [9.17, 15) is 31.5 Å². The van der Waals surface area contributed by atoms with Crippen molar-refractivity contribution in [1.82, 2.24) is 9.55 Å². The number of sulfonamides is 1. The van der Waals surface area contributed by atoms with Gasteiger partial charge >= 0.3 is 16.2 Å². The second-order valence-corrected chi connectivity index (χ2v) is 13.1. The Morgan fingerprint density at radius 1 is 1.07 bits per heavy atom. The summed E-state index contributed by atoms with van der Waals surface area (Å²) in [7, 11) is -8.74. The van der Waals surface area contributed by atoms with Crippen molar-refractivity contribution in [2.45, 2.75) is 31.7 Å². The minimum atomic E-state index is -4.47. The summed E-state index contributed by atoms with van der Waals surface area (Å²) in [6.45, 7) is 4.25. The van der Waals surface area contributed by atoms with E-state index in [2.05, 4.69) is 24.1 Å². The molecular weight excluding hydrogens is 600 g/mol. The van der Waals surface area contributed by atoms with Crippen molar-refractivity contribution in [3.05, 3.63) is 82.3 Å². The highest BCUT2D eigenvalue weighted by atomic mass is 32.2. The molecule has 1 aliphatic rings. The van der Waals surface area contributed by atoms with Gasteiger partial charge in [0.2, 0.25) is 0 Å². The average Bonchev–Trinajstić information content (AvgIpc) is 2.93. The molecule has 5 N–H and O–H groups in total. The highest BCUT2D eigenvalue weighted by Crippen LogP contribution is 2.34. The van der Waals surface area contributed by atoms with Crippen molar-refractivity contribution in [2.24, 2.45) is 10.3 Å². The van der Waals surface area contributed by atoms with Crippen LogP contribution in [0.15, 0.2) is 74.9 Å². The Kier molecular flexibility index (Phi) is 7.58. The lowest BCUT2D eigenvalue weighted by atomic mass is 10.1. The van der Waals surface area contributed by atoms with Crippen LogP contribution in [0.1, 0.15) is 36.2 Å². The number of amidine groups is 1. The molecule has 0 bridgehead atoms. The van der Waals surface area contributed by atoms with Gasteiger partial charge in [-0.2, -0.15) is 16.8 Å². The van der Waals surface area contributed by atoms with Crippen LogP contribution in [0.3, 0.4) is 0 Å². The van der Waals surface area contributed by atoms with E-state index in [1.54, 1.807) is 12.1 Å². The molecule has 0 amide bonds. The third kappa shape index (κ3) is 6.00. The summed E-state index contributed by atoms with van der Waals surface area (Å²) in [6, 6.07) is 11.7. The smallest absolute Gasteiger partial charge is 0.335 e. The summed E-state index contributed by atoms with van der Waals surface area (Å²) in [4.78, 5) is 28.5. The summed E-state index contributed by atoms with van der Waals surface area (Å²) in [5.41, 5.74) is -0.855. The zero-order valence-electron chi connectivity index (χ0n) is 22.8. The lowest BCUT2D eigenvalue weighted by molar-refractivity contribution is 0.0697. The Morgan fingerprint density at radius 2 is 1.74 bits per heavy atom. The molecule has 224 valence electrons. The molecule has 2 aromatic heterocycles. The van der Waals surface area contributed by atoms with Crippen LogP contribution in [0.5, 0.6) is 5.75 Å². The maximum Gasteiger partial charge on any atom is 0.335 e. The maximum absolute atomic E-state index is 13.6. The number of pyridine rings is 2. The van der Waals surface area contributed by atoms with Crippen molar-refractivity contribution < 1.29 is 31.8 Å². The van der Waals surface area contributed by atoms with Crippen LogP contribution in [0.2, 0.25) is 0 Å². The summed E-state index contributed by atoms with van der Waals surface area (Å²) >= 11 is 0. The lowest BCUT2D eigenvalue weighted by Gasteiger charge is -2.21. The first kappa shape index (κ1) is 29.5. The number of aryl methyl sites for hydroxylation is 1. The number of nitrogens with one attached hydrogen (secondary N) is 3. The van der Waals surface area contributed by atoms with Crippen LogP contribution < -0.4 is 20.3 Å². The number of aromatic nitrogens is 2. The molecule has 5 rings (SSSR count). The van der Waals surface area contributed by atoms with Crippen molar-refractivity contribution in [1.29, 1.82) is 0 Å². The molecule has 2 aromatic carbocycles. The van der Waals surface area contributed by atoms with Crippen LogP contribution in [0.4, 0.5) is 17.1 Å². The molecule has 0 fully saturated rings. The van der Waals surface area contributed by atoms with E-state index in [1.807, 2.05) is 13.8 Å². The number of carbonyl (C=O) groups is 1. The third-order valence-electron chi connectivity index (χ3n) is 6.52. The van der Waals surface area contributed by atoms with Crippen LogP contribution in [-0.4, -0.2) is 48.4 Å². The topological polar surface area (TPSA) is 209 Å². The molecule has 0 radical (unpaired) electrons. The van der Waals surface area contributed by atoms with Crippen molar-refractivity contribution in [2.75, 3.05) is 14.8 Å². The number of fused-ring (bicyclic) bond motifs is 2. The number of anilines is 3. The normalized spacial score (nSPS) is 14.1. The van der Waals surface area contributed by atoms with Crippen LogP contribution in [0.25, 0.3) is 11.0 Å². The minimum absolute atomic E-state index is 0.00369. The number of hydrogen-bond donors (Lipinski definition) is 5. The maximum atomic E-state index is 13.6. The third-order valence-corrected chi connectivity index (χ3v) is 8.85. The van der Waals surface area contributed by atoms with Crippen molar-refractivity contribution in [3.8, 4) is 5.75 Å². The number of carboxylic acids is 1. The van der Waals surface area contributed by atoms with Gasteiger partial charge in [0, 0.05) is 12.7 Å². The molecule has 0 atom stereocenters. The summed E-state index contributed by atoms with van der Waals surface area (Å²) in [6.07, 6.45) is 2.11. The molecule has 4 aromatic rings. The van der Waals surface area contributed by atoms with E-state index in [1.165, 1.54) is 47.2 Å². The summed E-state index contributed by atoms with van der Waals surface area (Å²) in [5.74, 6) is -1.80. The van der Waals surface area contributed by atoms with Crippen LogP contribution >= 0.6 is 0 Å². The molecular formula is C27H26N6O8S2. The van der Waals surface area contributed by atoms with Gasteiger partial charge in [-0.3, -0.25) is 18.8 Å². The second-order valence-electron chi connectivity index (χ2n) is 10.1. The molecule has 0 aliphatic carbocycles. The van der Waals surface area contributed by atoms with E-state index < -0.39 is 37.5 Å². The molecule has 14 nitrogen and oxygen atoms in total. The SMILES string of the molecule is CC(C)CCn1c(=O)c(C2=NS(=O)(=O)c3cc(NS(=O)(=O)Nc4ccc(C(=O)O)cc4)ccc3N2)c(O)c2cccnc21. The Bertz CT molecular complexity index is 2070. The number of carboxylic acid groups (broad SMARTS) is 1. The Hall–Kier alpha value is -4.96. The van der Waals surface area contributed by atoms with Gasteiger partial charge in [-0.25, -0.2) is 9.78 Å². The number of hydrogen-bond acceptors (Lipinski definition) is 9. The zero-order valence-corrected chi connectivity index (χ0v) is 24.4. The molecule has 0 unspecified atom stereocenters. The first-order valence-corrected chi connectivity index (χ1v) is 15.8. The highest BCUT2D eigenvalue weighted by Gasteiger charge is 2.31. The van der Waals surface area contributed by atoms with Crippen LogP contribution in [0, 0.1) is 5.92 Å². The molecule has 16 heteroatoms. The minimum Gasteiger partial charge on any atom is -0.506 e. The first-order valence-electron chi connectivity index (χ1n) is 12.9. The number of benzene rings is 2. The Morgan fingerprint density at radius 3 is 2.42 bits per heavy atom. The van der Waals surface area contributed by atoms with Gasteiger partial charge < -0.3 is 15.5 Å². The van der Waals surface area contributed by atoms with E-state index in [-0.39, 0.29) is 62.4 Å². The van der Waals surface area contributed by atoms with E-state index in [4.69, 9.17) is 5.11 Å². The Labute approximate surface area is 246 Å². The number of aromatic carboxylic acids is 1. The predicted molar refractivity (Wildman–Crippen MR) is 160 cm³/mol. The van der Waals surface area contributed by atoms with Crippen molar-refractivity contribution >= 4 is 60.1 Å². The molecule has 3 heterocycles. The zero-order chi connectivity index (χ0) is 31.1. The molecule has 0 saturated heterocycles.